The third kappa shape index (κ3) is 2.79. The molecule has 0 aliphatic heterocycles. The summed E-state index contributed by atoms with van der Waals surface area (Å²) in [6.07, 6.45) is 0. The normalized spacial score (nSPS) is 10.8. The van der Waals surface area contributed by atoms with Crippen LogP contribution in [0.5, 0.6) is 0 Å². The number of nitrogens with one attached hydrogen (secondary N) is 1. The fraction of sp³-hybridized carbons (Fsp3) is 0.0769. The molecule has 8 heteroatoms. The number of rotatable bonds is 3. The molecule has 0 bridgehead atoms. The van der Waals surface area contributed by atoms with Crippen LogP contribution < -0.4 is 5.32 Å². The van der Waals surface area contributed by atoms with Crippen LogP contribution in [0.2, 0.25) is 5.28 Å². The SMILES string of the molecule is Cc1cc2c(Nc3cccc([N+](=O)[O-])c3)nc(Cl)nc2s1. The summed E-state index contributed by atoms with van der Waals surface area (Å²) >= 11 is 7.43. The van der Waals surface area contributed by atoms with Crippen LogP contribution in [0.4, 0.5) is 17.2 Å². The Bertz CT molecular complexity index is 849. The first-order valence-electron chi connectivity index (χ1n) is 5.98. The van der Waals surface area contributed by atoms with Crippen LogP contribution in [0.15, 0.2) is 30.3 Å². The van der Waals surface area contributed by atoms with Gasteiger partial charge in [0.15, 0.2) is 0 Å². The Hall–Kier alpha value is -2.25. The van der Waals surface area contributed by atoms with Crippen LogP contribution in [0.1, 0.15) is 4.88 Å². The van der Waals surface area contributed by atoms with Crippen molar-refractivity contribution in [3.05, 3.63) is 50.6 Å². The number of aromatic nitrogens is 2. The first-order chi connectivity index (χ1) is 10.0. The maximum atomic E-state index is 10.8. The van der Waals surface area contributed by atoms with E-state index in [0.29, 0.717) is 11.5 Å². The number of fused-ring (bicyclic) bond motifs is 1. The molecule has 21 heavy (non-hydrogen) atoms. The number of nitro benzene ring substituents is 1. The Morgan fingerprint density at radius 1 is 1.33 bits per heavy atom. The van der Waals surface area contributed by atoms with Crippen molar-refractivity contribution < 1.29 is 4.92 Å². The van der Waals surface area contributed by atoms with Crippen molar-refractivity contribution in [1.82, 2.24) is 9.97 Å². The molecule has 0 saturated carbocycles. The highest BCUT2D eigenvalue weighted by atomic mass is 35.5. The molecule has 0 aliphatic carbocycles. The van der Waals surface area contributed by atoms with E-state index in [1.54, 1.807) is 12.1 Å². The van der Waals surface area contributed by atoms with Crippen molar-refractivity contribution in [2.75, 3.05) is 5.32 Å². The zero-order valence-electron chi connectivity index (χ0n) is 10.8. The van der Waals surface area contributed by atoms with Crippen molar-refractivity contribution >= 4 is 50.3 Å². The van der Waals surface area contributed by atoms with Crippen LogP contribution in [-0.4, -0.2) is 14.9 Å². The van der Waals surface area contributed by atoms with E-state index in [4.69, 9.17) is 11.6 Å². The lowest BCUT2D eigenvalue weighted by Crippen LogP contribution is -1.97. The second kappa shape index (κ2) is 5.27. The largest absolute Gasteiger partial charge is 0.339 e. The third-order valence-corrected chi connectivity index (χ3v) is 3.92. The molecule has 1 aromatic carbocycles. The Morgan fingerprint density at radius 3 is 2.90 bits per heavy atom. The predicted molar refractivity (Wildman–Crippen MR) is 83.5 cm³/mol. The summed E-state index contributed by atoms with van der Waals surface area (Å²) in [7, 11) is 0. The molecule has 2 aromatic heterocycles. The standard InChI is InChI=1S/C13H9ClN4O2S/c1-7-5-10-11(16-13(14)17-12(10)21-7)15-8-3-2-4-9(6-8)18(19)20/h2-6H,1H3,(H,15,16,17). The van der Waals surface area contributed by atoms with Gasteiger partial charge in [-0.05, 0) is 30.7 Å². The van der Waals surface area contributed by atoms with Crippen molar-refractivity contribution in [1.29, 1.82) is 0 Å². The van der Waals surface area contributed by atoms with Gasteiger partial charge in [-0.15, -0.1) is 11.3 Å². The molecule has 0 unspecified atom stereocenters. The molecule has 2 heterocycles. The van der Waals surface area contributed by atoms with Crippen LogP contribution in [0, 0.1) is 17.0 Å². The lowest BCUT2D eigenvalue weighted by atomic mass is 10.2. The zero-order valence-corrected chi connectivity index (χ0v) is 12.4. The van der Waals surface area contributed by atoms with Gasteiger partial charge in [0, 0.05) is 22.7 Å². The Kier molecular flexibility index (Phi) is 3.44. The molecule has 6 nitrogen and oxygen atoms in total. The minimum atomic E-state index is -0.442. The summed E-state index contributed by atoms with van der Waals surface area (Å²) < 4.78 is 0. The van der Waals surface area contributed by atoms with Gasteiger partial charge >= 0.3 is 0 Å². The van der Waals surface area contributed by atoms with Crippen molar-refractivity contribution in [3.8, 4) is 0 Å². The van der Waals surface area contributed by atoms with Crippen LogP contribution >= 0.6 is 22.9 Å². The molecule has 0 aliphatic rings. The average Bonchev–Trinajstić information content (AvgIpc) is 2.79. The number of nitro groups is 1. The molecule has 0 atom stereocenters. The van der Waals surface area contributed by atoms with Gasteiger partial charge in [-0.3, -0.25) is 10.1 Å². The second-order valence-corrected chi connectivity index (χ2v) is 5.92. The van der Waals surface area contributed by atoms with E-state index in [2.05, 4.69) is 15.3 Å². The Labute approximate surface area is 128 Å². The number of hydrogen-bond donors (Lipinski definition) is 1. The molecule has 1 N–H and O–H groups in total. The van der Waals surface area contributed by atoms with E-state index in [1.165, 1.54) is 23.5 Å². The monoisotopic (exact) mass is 320 g/mol. The van der Waals surface area contributed by atoms with Crippen molar-refractivity contribution in [2.45, 2.75) is 6.92 Å². The Balaban J connectivity index is 2.05. The van der Waals surface area contributed by atoms with Gasteiger partial charge in [0.05, 0.1) is 10.3 Å². The number of aryl methyl sites for hydroxylation is 1. The summed E-state index contributed by atoms with van der Waals surface area (Å²) in [6, 6.07) is 8.17. The number of benzene rings is 1. The van der Waals surface area contributed by atoms with Crippen LogP contribution in [0.25, 0.3) is 10.2 Å². The first-order valence-corrected chi connectivity index (χ1v) is 7.17. The summed E-state index contributed by atoms with van der Waals surface area (Å²) in [6.45, 7) is 1.97. The summed E-state index contributed by atoms with van der Waals surface area (Å²) in [5, 5.41) is 14.8. The first kappa shape index (κ1) is 13.7. The lowest BCUT2D eigenvalue weighted by Gasteiger charge is -2.06. The van der Waals surface area contributed by atoms with Crippen molar-refractivity contribution in [3.63, 3.8) is 0 Å². The van der Waals surface area contributed by atoms with E-state index >= 15 is 0 Å². The quantitative estimate of drug-likeness (QED) is 0.442. The number of hydrogen-bond acceptors (Lipinski definition) is 6. The minimum Gasteiger partial charge on any atom is -0.339 e. The summed E-state index contributed by atoms with van der Waals surface area (Å²) in [4.78, 5) is 20.6. The van der Waals surface area contributed by atoms with Gasteiger partial charge in [0.25, 0.3) is 5.69 Å². The molecule has 0 radical (unpaired) electrons. The fourth-order valence-corrected chi connectivity index (χ4v) is 3.04. The van der Waals surface area contributed by atoms with Crippen molar-refractivity contribution in [2.24, 2.45) is 0 Å². The lowest BCUT2D eigenvalue weighted by molar-refractivity contribution is -0.384. The number of anilines is 2. The number of nitrogens with zero attached hydrogens (tertiary/aromatic N) is 3. The minimum absolute atomic E-state index is 0.0119. The molecule has 3 aromatic rings. The van der Waals surface area contributed by atoms with Crippen LogP contribution in [0.3, 0.4) is 0 Å². The Morgan fingerprint density at radius 2 is 2.14 bits per heavy atom. The van der Waals surface area contributed by atoms with E-state index in [-0.39, 0.29) is 11.0 Å². The molecule has 0 spiro atoms. The van der Waals surface area contributed by atoms with Gasteiger partial charge in [0.1, 0.15) is 10.6 Å². The van der Waals surface area contributed by atoms with Gasteiger partial charge in [0.2, 0.25) is 5.28 Å². The molecule has 0 amide bonds. The smallest absolute Gasteiger partial charge is 0.271 e. The molecule has 3 rings (SSSR count). The van der Waals surface area contributed by atoms with E-state index in [0.717, 1.165) is 15.1 Å². The highest BCUT2D eigenvalue weighted by molar-refractivity contribution is 7.18. The molecule has 0 saturated heterocycles. The summed E-state index contributed by atoms with van der Waals surface area (Å²) in [5.74, 6) is 0.537. The van der Waals surface area contributed by atoms with E-state index in [9.17, 15) is 10.1 Å². The summed E-state index contributed by atoms with van der Waals surface area (Å²) in [5.41, 5.74) is 0.585. The highest BCUT2D eigenvalue weighted by Crippen LogP contribution is 2.31. The van der Waals surface area contributed by atoms with Gasteiger partial charge in [-0.1, -0.05) is 6.07 Å². The number of thiophene rings is 1. The predicted octanol–water partition coefficient (Wildman–Crippen LogP) is 4.30. The molecule has 0 fully saturated rings. The van der Waals surface area contributed by atoms with Gasteiger partial charge in [-0.2, -0.15) is 4.98 Å². The maximum absolute atomic E-state index is 10.8. The maximum Gasteiger partial charge on any atom is 0.271 e. The highest BCUT2D eigenvalue weighted by Gasteiger charge is 2.11. The molecular weight excluding hydrogens is 312 g/mol. The molecule has 106 valence electrons. The van der Waals surface area contributed by atoms with E-state index < -0.39 is 4.92 Å². The number of non-ortho nitro benzene ring substituents is 1. The van der Waals surface area contributed by atoms with Gasteiger partial charge < -0.3 is 5.32 Å². The van der Waals surface area contributed by atoms with Crippen LogP contribution in [-0.2, 0) is 0 Å². The second-order valence-electron chi connectivity index (χ2n) is 4.35. The zero-order chi connectivity index (χ0) is 15.0. The fourth-order valence-electron chi connectivity index (χ4n) is 1.95. The topological polar surface area (TPSA) is 81.0 Å². The third-order valence-electron chi connectivity index (χ3n) is 2.81. The number of halogens is 1. The van der Waals surface area contributed by atoms with E-state index in [1.807, 2.05) is 13.0 Å². The average molecular weight is 321 g/mol. The molecular formula is C13H9ClN4O2S. The van der Waals surface area contributed by atoms with Gasteiger partial charge in [-0.25, -0.2) is 4.98 Å².